The van der Waals surface area contributed by atoms with Gasteiger partial charge in [-0.2, -0.15) is 5.10 Å². The first-order valence-corrected chi connectivity index (χ1v) is 7.99. The molecule has 1 aromatic carbocycles. The summed E-state index contributed by atoms with van der Waals surface area (Å²) in [6.07, 6.45) is 2.41. The van der Waals surface area contributed by atoms with E-state index in [-0.39, 0.29) is 22.9 Å². The van der Waals surface area contributed by atoms with Gasteiger partial charge in [0.15, 0.2) is 0 Å². The summed E-state index contributed by atoms with van der Waals surface area (Å²) in [5, 5.41) is 29.8. The van der Waals surface area contributed by atoms with Crippen LogP contribution in [0.25, 0.3) is 0 Å². The zero-order chi connectivity index (χ0) is 19.3. The van der Waals surface area contributed by atoms with Crippen molar-refractivity contribution in [3.8, 4) is 0 Å². The number of anilines is 2. The third-order valence-corrected chi connectivity index (χ3v) is 3.59. The second-order valence-electron chi connectivity index (χ2n) is 5.87. The Labute approximate surface area is 154 Å². The van der Waals surface area contributed by atoms with Crippen molar-refractivity contribution in [1.29, 1.82) is 0 Å². The van der Waals surface area contributed by atoms with E-state index >= 15 is 0 Å². The highest BCUT2D eigenvalue weighted by atomic mass is 35.5. The molecule has 1 unspecified atom stereocenters. The number of nitrogens with zero attached hydrogens (tertiary/aromatic N) is 4. The number of aromatic nitrogens is 2. The highest BCUT2D eigenvalue weighted by Gasteiger charge is 2.14. The molecular weight excluding hydrogens is 364 g/mol. The number of likely N-dealkylation sites (N-methyl/N-ethyl adjacent to an activating group) is 1. The lowest BCUT2D eigenvalue weighted by atomic mass is 10.3. The van der Waals surface area contributed by atoms with E-state index in [1.54, 1.807) is 6.20 Å². The summed E-state index contributed by atoms with van der Waals surface area (Å²) >= 11 is 5.73. The summed E-state index contributed by atoms with van der Waals surface area (Å²) in [6, 6.07) is 3.37. The standard InChI is InChI=1S/C15H19ClN6O4/c1-20(2)8-12(23)9-21-7-11(6-17-21)19-15(24)18-10-3-4-13(16)14(5-10)22(25)26/h3-7,12,23H,8-9H2,1-2H3,(H2,18,19,24). The van der Waals surface area contributed by atoms with Crippen molar-refractivity contribution in [2.24, 2.45) is 0 Å². The largest absolute Gasteiger partial charge is 0.390 e. The number of amides is 2. The highest BCUT2D eigenvalue weighted by Crippen LogP contribution is 2.27. The Balaban J connectivity index is 1.94. The van der Waals surface area contributed by atoms with Gasteiger partial charge < -0.3 is 20.6 Å². The van der Waals surface area contributed by atoms with Gasteiger partial charge in [0.05, 0.1) is 29.5 Å². The maximum absolute atomic E-state index is 12.0. The zero-order valence-corrected chi connectivity index (χ0v) is 15.0. The van der Waals surface area contributed by atoms with Crippen molar-refractivity contribution in [3.05, 3.63) is 45.7 Å². The van der Waals surface area contributed by atoms with Crippen LogP contribution >= 0.6 is 11.6 Å². The number of hydrogen-bond acceptors (Lipinski definition) is 6. The molecule has 2 aromatic rings. The third kappa shape index (κ3) is 5.69. The number of urea groups is 1. The molecule has 0 aliphatic carbocycles. The van der Waals surface area contributed by atoms with Crippen molar-refractivity contribution in [2.75, 3.05) is 31.3 Å². The maximum atomic E-state index is 12.0. The normalized spacial score (nSPS) is 12.0. The van der Waals surface area contributed by atoms with Gasteiger partial charge in [0.1, 0.15) is 5.02 Å². The van der Waals surface area contributed by atoms with Crippen LogP contribution in [0.3, 0.4) is 0 Å². The fraction of sp³-hybridized carbons (Fsp3) is 0.333. The molecule has 0 spiro atoms. The van der Waals surface area contributed by atoms with Crippen LogP contribution in [-0.4, -0.2) is 57.5 Å². The fourth-order valence-electron chi connectivity index (χ4n) is 2.25. The van der Waals surface area contributed by atoms with Crippen LogP contribution in [0.5, 0.6) is 0 Å². The van der Waals surface area contributed by atoms with E-state index < -0.39 is 17.1 Å². The van der Waals surface area contributed by atoms with E-state index in [1.165, 1.54) is 29.1 Å². The molecule has 0 bridgehead atoms. The van der Waals surface area contributed by atoms with Crippen molar-refractivity contribution in [2.45, 2.75) is 12.6 Å². The van der Waals surface area contributed by atoms with Crippen molar-refractivity contribution in [3.63, 3.8) is 0 Å². The fourth-order valence-corrected chi connectivity index (χ4v) is 2.43. The first kappa shape index (κ1) is 19.6. The predicted molar refractivity (Wildman–Crippen MR) is 97.5 cm³/mol. The lowest BCUT2D eigenvalue weighted by Crippen LogP contribution is -2.29. The number of aliphatic hydroxyl groups excluding tert-OH is 1. The summed E-state index contributed by atoms with van der Waals surface area (Å²) in [5.41, 5.74) is 0.350. The smallest absolute Gasteiger partial charge is 0.323 e. The number of nitrogens with one attached hydrogen (secondary N) is 2. The monoisotopic (exact) mass is 382 g/mol. The average Bonchev–Trinajstić information content (AvgIpc) is 2.94. The van der Waals surface area contributed by atoms with Crippen molar-refractivity contribution < 1.29 is 14.8 Å². The molecule has 26 heavy (non-hydrogen) atoms. The Morgan fingerprint density at radius 3 is 2.77 bits per heavy atom. The van der Waals surface area contributed by atoms with E-state index in [1.807, 2.05) is 19.0 Å². The minimum absolute atomic E-state index is 0.0153. The Morgan fingerprint density at radius 1 is 1.42 bits per heavy atom. The molecule has 1 aromatic heterocycles. The number of carbonyl (C=O) groups excluding carboxylic acids is 1. The molecule has 0 fully saturated rings. The number of benzene rings is 1. The van der Waals surface area contributed by atoms with Crippen LogP contribution in [-0.2, 0) is 6.54 Å². The second kappa shape index (κ2) is 8.61. The Kier molecular flexibility index (Phi) is 6.50. The molecule has 1 heterocycles. The molecule has 0 saturated carbocycles. The Bertz CT molecular complexity index is 794. The first-order chi connectivity index (χ1) is 12.2. The number of carbonyl (C=O) groups is 1. The molecule has 140 valence electrons. The number of rotatable bonds is 7. The van der Waals surface area contributed by atoms with Gasteiger partial charge in [0, 0.05) is 24.5 Å². The molecule has 0 radical (unpaired) electrons. The molecule has 0 saturated heterocycles. The molecule has 0 aliphatic rings. The highest BCUT2D eigenvalue weighted by molar-refractivity contribution is 6.32. The lowest BCUT2D eigenvalue weighted by Gasteiger charge is -2.15. The summed E-state index contributed by atoms with van der Waals surface area (Å²) in [6.45, 7) is 0.767. The summed E-state index contributed by atoms with van der Waals surface area (Å²) < 4.78 is 1.51. The van der Waals surface area contributed by atoms with Crippen LogP contribution in [0.1, 0.15) is 0 Å². The van der Waals surface area contributed by atoms with E-state index in [0.29, 0.717) is 12.2 Å². The Hall–Kier alpha value is -2.69. The van der Waals surface area contributed by atoms with Gasteiger partial charge in [-0.15, -0.1) is 0 Å². The molecular formula is C15H19ClN6O4. The quantitative estimate of drug-likeness (QED) is 0.496. The molecule has 2 amide bonds. The SMILES string of the molecule is CN(C)CC(O)Cn1cc(NC(=O)Nc2ccc(Cl)c([N+](=O)[O-])c2)cn1. The number of nitro benzene ring substituents is 1. The van der Waals surface area contributed by atoms with Crippen LogP contribution in [0.2, 0.25) is 5.02 Å². The minimum atomic E-state index is -0.630. The van der Waals surface area contributed by atoms with Gasteiger partial charge in [-0.25, -0.2) is 4.79 Å². The second-order valence-corrected chi connectivity index (χ2v) is 6.28. The molecule has 10 nitrogen and oxygen atoms in total. The number of nitro groups is 1. The number of hydrogen-bond donors (Lipinski definition) is 3. The van der Waals surface area contributed by atoms with E-state index in [9.17, 15) is 20.0 Å². The van der Waals surface area contributed by atoms with Gasteiger partial charge >= 0.3 is 6.03 Å². The van der Waals surface area contributed by atoms with E-state index in [0.717, 1.165) is 0 Å². The van der Waals surface area contributed by atoms with Gasteiger partial charge in [-0.1, -0.05) is 11.6 Å². The topological polar surface area (TPSA) is 126 Å². The van der Waals surface area contributed by atoms with E-state index in [4.69, 9.17) is 11.6 Å². The lowest BCUT2D eigenvalue weighted by molar-refractivity contribution is -0.384. The van der Waals surface area contributed by atoms with Gasteiger partial charge in [0.2, 0.25) is 0 Å². The average molecular weight is 383 g/mol. The minimum Gasteiger partial charge on any atom is -0.390 e. The molecule has 3 N–H and O–H groups in total. The van der Waals surface area contributed by atoms with Crippen molar-refractivity contribution in [1.82, 2.24) is 14.7 Å². The molecule has 0 aliphatic heterocycles. The summed E-state index contributed by atoms with van der Waals surface area (Å²) in [5.74, 6) is 0. The predicted octanol–water partition coefficient (Wildman–Crippen LogP) is 2.01. The third-order valence-electron chi connectivity index (χ3n) is 3.27. The number of aliphatic hydroxyl groups is 1. The molecule has 1 atom stereocenters. The van der Waals surface area contributed by atoms with Gasteiger partial charge in [0.25, 0.3) is 5.69 Å². The first-order valence-electron chi connectivity index (χ1n) is 7.62. The van der Waals surface area contributed by atoms with Crippen LogP contribution in [0.15, 0.2) is 30.6 Å². The molecule has 11 heteroatoms. The van der Waals surface area contributed by atoms with Gasteiger partial charge in [-0.3, -0.25) is 14.8 Å². The summed E-state index contributed by atoms with van der Waals surface area (Å²) in [4.78, 5) is 24.1. The zero-order valence-electron chi connectivity index (χ0n) is 14.2. The van der Waals surface area contributed by atoms with Crippen LogP contribution in [0.4, 0.5) is 21.9 Å². The van der Waals surface area contributed by atoms with E-state index in [2.05, 4.69) is 15.7 Å². The Morgan fingerprint density at radius 2 is 2.12 bits per heavy atom. The van der Waals surface area contributed by atoms with Crippen LogP contribution in [0, 0.1) is 10.1 Å². The maximum Gasteiger partial charge on any atom is 0.323 e. The number of halogens is 1. The molecule has 2 rings (SSSR count). The van der Waals surface area contributed by atoms with Crippen LogP contribution < -0.4 is 10.6 Å². The summed E-state index contributed by atoms with van der Waals surface area (Å²) in [7, 11) is 3.70. The van der Waals surface area contributed by atoms with Gasteiger partial charge in [-0.05, 0) is 26.2 Å². The van der Waals surface area contributed by atoms with Crippen molar-refractivity contribution >= 4 is 34.7 Å².